The third-order valence-electron chi connectivity index (χ3n) is 13.4. The van der Waals surface area contributed by atoms with Crippen molar-refractivity contribution in [2.24, 2.45) is 11.8 Å². The van der Waals surface area contributed by atoms with Crippen molar-refractivity contribution in [2.45, 2.75) is 108 Å². The van der Waals surface area contributed by atoms with E-state index in [4.69, 9.17) is 21.1 Å². The molecule has 3 aliphatic rings. The number of aliphatic carboxylic acids is 1. The third kappa shape index (κ3) is 9.55. The number of carbonyl (C=O) groups excluding carboxylic acids is 1. The summed E-state index contributed by atoms with van der Waals surface area (Å²) in [6.07, 6.45) is 15.5. The van der Waals surface area contributed by atoms with Crippen LogP contribution in [0.5, 0.6) is 11.5 Å². The molecule has 1 spiro atoms. The Bertz CT molecular complexity index is 2330. The highest BCUT2D eigenvalue weighted by Gasteiger charge is 2.54. The van der Waals surface area contributed by atoms with Crippen LogP contribution in [0.4, 0.5) is 5.69 Å². The molecule has 0 radical (unpaired) electrons. The van der Waals surface area contributed by atoms with Gasteiger partial charge in [0, 0.05) is 59.1 Å². The monoisotopic (exact) mass is 841 g/mol. The van der Waals surface area contributed by atoms with Crippen molar-refractivity contribution in [3.63, 3.8) is 0 Å². The topological polar surface area (TPSA) is 136 Å². The fraction of sp³-hybridized carbons (Fsp3) is 0.420. The lowest BCUT2D eigenvalue weighted by Gasteiger charge is -2.47. The number of halogens is 1. The molecule has 1 amide bonds. The fourth-order valence-corrected chi connectivity index (χ4v) is 10.4. The standard InChI is InChI=1S/C50H56ClN5O5/c1-33(31-61-45-16-21-54-44-12-3-7-34(2)47(44)45)23-39-25-37-14-15-42(60-22-6-13-46(57)55-28-35-8-4-9-36(24-35)38-29-52-32-53-30-38)27-43(37)49(39)17-19-50(20-18-49,48(58)59)56-41-11-5-10-40(51)26-41/h4-5,8-11,14-16,21,24,26-27,29-30,32-34,39,56H,3,6-7,12-13,17-20,22-23,25,28,31H2,1-2H3,(H,55,57)(H,58,59)/t33-,34-,39?,49?,50?/m1/s1. The van der Waals surface area contributed by atoms with E-state index in [2.05, 4.69) is 51.6 Å². The number of hydrogen-bond acceptors (Lipinski definition) is 8. The smallest absolute Gasteiger partial charge is 0.329 e. The number of fused-ring (bicyclic) bond motifs is 3. The number of aryl methyl sites for hydroxylation is 1. The van der Waals surface area contributed by atoms with Gasteiger partial charge in [0.05, 0.1) is 13.2 Å². The first-order chi connectivity index (χ1) is 29.6. The number of carbonyl (C=O) groups is 2. The van der Waals surface area contributed by atoms with Crippen molar-refractivity contribution in [2.75, 3.05) is 18.5 Å². The van der Waals surface area contributed by atoms with E-state index in [-0.39, 0.29) is 17.2 Å². The second-order valence-corrected chi connectivity index (χ2v) is 18.0. The molecule has 11 heteroatoms. The van der Waals surface area contributed by atoms with E-state index in [1.807, 2.05) is 54.7 Å². The molecule has 1 unspecified atom stereocenters. The zero-order valence-corrected chi connectivity index (χ0v) is 35.9. The Morgan fingerprint density at radius 2 is 1.79 bits per heavy atom. The maximum absolute atomic E-state index is 13.1. The summed E-state index contributed by atoms with van der Waals surface area (Å²) in [4.78, 5) is 38.8. The van der Waals surface area contributed by atoms with E-state index < -0.39 is 11.5 Å². The number of aromatic nitrogens is 3. The molecule has 0 aliphatic heterocycles. The summed E-state index contributed by atoms with van der Waals surface area (Å²) in [5, 5.41) is 17.7. The summed E-state index contributed by atoms with van der Waals surface area (Å²) in [6, 6.07) is 23.8. The van der Waals surface area contributed by atoms with Crippen LogP contribution in [0.3, 0.4) is 0 Å². The van der Waals surface area contributed by atoms with Crippen molar-refractivity contribution in [3.05, 3.63) is 131 Å². The molecular weight excluding hydrogens is 786 g/mol. The molecule has 3 atom stereocenters. The largest absolute Gasteiger partial charge is 0.494 e. The summed E-state index contributed by atoms with van der Waals surface area (Å²) >= 11 is 6.32. The van der Waals surface area contributed by atoms with Crippen LogP contribution in [-0.2, 0) is 34.4 Å². The summed E-state index contributed by atoms with van der Waals surface area (Å²) in [6.45, 7) is 6.00. The first-order valence-electron chi connectivity index (χ1n) is 21.9. The number of hydrogen-bond donors (Lipinski definition) is 3. The van der Waals surface area contributed by atoms with Gasteiger partial charge in [-0.05, 0) is 152 Å². The van der Waals surface area contributed by atoms with E-state index in [1.165, 1.54) is 28.7 Å². The normalized spacial score (nSPS) is 22.1. The second-order valence-electron chi connectivity index (χ2n) is 17.6. The number of anilines is 1. The van der Waals surface area contributed by atoms with Crippen LogP contribution < -0.4 is 20.1 Å². The minimum Gasteiger partial charge on any atom is -0.494 e. The van der Waals surface area contributed by atoms with Gasteiger partial charge >= 0.3 is 5.97 Å². The number of nitrogens with zero attached hydrogens (tertiary/aromatic N) is 3. The highest BCUT2D eigenvalue weighted by molar-refractivity contribution is 6.30. The first kappa shape index (κ1) is 42.2. The number of carboxylic acids is 1. The van der Waals surface area contributed by atoms with Crippen LogP contribution in [0.2, 0.25) is 5.02 Å². The molecule has 1 fully saturated rings. The molecule has 318 valence electrons. The minimum atomic E-state index is -1.11. The number of amides is 1. The molecule has 61 heavy (non-hydrogen) atoms. The van der Waals surface area contributed by atoms with Gasteiger partial charge in [-0.25, -0.2) is 14.8 Å². The number of ether oxygens (including phenoxy) is 2. The lowest BCUT2D eigenvalue weighted by molar-refractivity contribution is -0.144. The average molecular weight is 842 g/mol. The van der Waals surface area contributed by atoms with Crippen molar-refractivity contribution in [1.29, 1.82) is 0 Å². The average Bonchev–Trinajstić information content (AvgIpc) is 3.55. The van der Waals surface area contributed by atoms with Gasteiger partial charge < -0.3 is 25.2 Å². The van der Waals surface area contributed by atoms with E-state index in [1.54, 1.807) is 24.5 Å². The summed E-state index contributed by atoms with van der Waals surface area (Å²) in [5.41, 5.74) is 7.33. The third-order valence-corrected chi connectivity index (χ3v) is 13.6. The van der Waals surface area contributed by atoms with Crippen LogP contribution in [0, 0.1) is 11.8 Å². The van der Waals surface area contributed by atoms with Crippen LogP contribution in [0.25, 0.3) is 11.1 Å². The number of pyridine rings is 1. The molecule has 3 N–H and O–H groups in total. The Kier molecular flexibility index (Phi) is 12.9. The van der Waals surface area contributed by atoms with Gasteiger partial charge in [-0.2, -0.15) is 0 Å². The molecule has 5 aromatic rings. The van der Waals surface area contributed by atoms with Gasteiger partial charge in [0.1, 0.15) is 23.4 Å². The SMILES string of the molecule is C[C@@H](COc1ccnc2c1[C@H](C)CCC2)CC1Cc2ccc(OCCCC(=O)NCc3cccc(-c4cncnc4)c3)cc2C12CCC(Nc1cccc(Cl)c1)(C(=O)O)CC2. The molecule has 3 aliphatic carbocycles. The highest BCUT2D eigenvalue weighted by Crippen LogP contribution is 2.57. The van der Waals surface area contributed by atoms with Gasteiger partial charge in [0.2, 0.25) is 5.91 Å². The zero-order valence-electron chi connectivity index (χ0n) is 35.2. The number of carboxylic acid groups (broad SMARTS) is 1. The van der Waals surface area contributed by atoms with Crippen LogP contribution >= 0.6 is 11.6 Å². The Morgan fingerprint density at radius 1 is 0.967 bits per heavy atom. The lowest BCUT2D eigenvalue weighted by atomic mass is 9.59. The van der Waals surface area contributed by atoms with Gasteiger partial charge in [-0.1, -0.05) is 55.8 Å². The first-order valence-corrected chi connectivity index (χ1v) is 22.2. The van der Waals surface area contributed by atoms with Crippen LogP contribution in [0.15, 0.2) is 97.7 Å². The Labute approximate surface area is 363 Å². The predicted molar refractivity (Wildman–Crippen MR) is 238 cm³/mol. The molecule has 0 bridgehead atoms. The number of nitrogens with one attached hydrogen (secondary N) is 2. The Morgan fingerprint density at radius 3 is 2.59 bits per heavy atom. The maximum atomic E-state index is 13.1. The summed E-state index contributed by atoms with van der Waals surface area (Å²) in [5.74, 6) is 1.90. The van der Waals surface area contributed by atoms with E-state index >= 15 is 0 Å². The van der Waals surface area contributed by atoms with Crippen molar-refractivity contribution in [3.8, 4) is 22.6 Å². The Balaban J connectivity index is 0.931. The van der Waals surface area contributed by atoms with Gasteiger partial charge in [-0.3, -0.25) is 9.78 Å². The maximum Gasteiger partial charge on any atom is 0.329 e. The molecule has 1 saturated carbocycles. The van der Waals surface area contributed by atoms with Crippen molar-refractivity contribution in [1.82, 2.24) is 20.3 Å². The molecule has 8 rings (SSSR count). The molecule has 2 aromatic heterocycles. The molecule has 0 saturated heterocycles. The quantitative estimate of drug-likeness (QED) is 0.0830. The number of benzene rings is 3. The van der Waals surface area contributed by atoms with Gasteiger partial charge in [-0.15, -0.1) is 0 Å². The van der Waals surface area contributed by atoms with Gasteiger partial charge in [0.25, 0.3) is 0 Å². The van der Waals surface area contributed by atoms with Crippen molar-refractivity contribution >= 4 is 29.2 Å². The van der Waals surface area contributed by atoms with Crippen LogP contribution in [0.1, 0.15) is 106 Å². The van der Waals surface area contributed by atoms with E-state index in [0.29, 0.717) is 68.0 Å². The van der Waals surface area contributed by atoms with E-state index in [9.17, 15) is 14.7 Å². The molecule has 3 aromatic carbocycles. The summed E-state index contributed by atoms with van der Waals surface area (Å²) < 4.78 is 12.9. The predicted octanol–water partition coefficient (Wildman–Crippen LogP) is 10.1. The molecular formula is C50H56ClN5O5. The Hall–Kier alpha value is -5.48. The van der Waals surface area contributed by atoms with E-state index in [0.717, 1.165) is 73.1 Å². The zero-order chi connectivity index (χ0) is 42.4. The lowest BCUT2D eigenvalue weighted by Crippen LogP contribution is -2.53. The van der Waals surface area contributed by atoms with Crippen molar-refractivity contribution < 1.29 is 24.2 Å². The fourth-order valence-electron chi connectivity index (χ4n) is 10.2. The second kappa shape index (κ2) is 18.6. The van der Waals surface area contributed by atoms with Crippen LogP contribution in [-0.4, -0.2) is 50.7 Å². The molecule has 2 heterocycles. The summed E-state index contributed by atoms with van der Waals surface area (Å²) in [7, 11) is 0. The highest BCUT2D eigenvalue weighted by atomic mass is 35.5. The minimum absolute atomic E-state index is 0.0280. The van der Waals surface area contributed by atoms with Gasteiger partial charge in [0.15, 0.2) is 0 Å². The molecule has 10 nitrogen and oxygen atoms in total. The number of rotatable bonds is 16.